The van der Waals surface area contributed by atoms with Gasteiger partial charge in [0.1, 0.15) is 17.8 Å². The number of hydrogen-bond donors (Lipinski definition) is 1. The maximum absolute atomic E-state index is 12.0. The van der Waals surface area contributed by atoms with Crippen molar-refractivity contribution in [1.82, 2.24) is 4.57 Å². The molecule has 1 aromatic heterocycles. The van der Waals surface area contributed by atoms with Crippen LogP contribution < -0.4 is 5.56 Å². The number of nitrogens with zero attached hydrogens (tertiary/aromatic N) is 1. The molecule has 2 aliphatic heterocycles. The van der Waals surface area contributed by atoms with E-state index in [0.717, 1.165) is 7.11 Å². The van der Waals surface area contributed by atoms with E-state index in [2.05, 4.69) is 4.52 Å². The first kappa shape index (κ1) is 16.8. The zero-order valence-electron chi connectivity index (χ0n) is 12.7. The molecule has 2 bridgehead atoms. The van der Waals surface area contributed by atoms with Gasteiger partial charge in [-0.25, -0.2) is 4.57 Å². The molecule has 2 fully saturated rings. The maximum atomic E-state index is 12.0. The first-order chi connectivity index (χ1) is 10.9. The highest BCUT2D eigenvalue weighted by atomic mass is 31.2. The van der Waals surface area contributed by atoms with Crippen molar-refractivity contribution in [3.63, 3.8) is 0 Å². The van der Waals surface area contributed by atoms with Gasteiger partial charge in [0.05, 0.1) is 13.2 Å². The molecule has 1 aromatic rings. The summed E-state index contributed by atoms with van der Waals surface area (Å²) < 4.78 is 39.6. The lowest BCUT2D eigenvalue weighted by atomic mass is 10.0. The van der Waals surface area contributed by atoms with Crippen molar-refractivity contribution in [1.29, 1.82) is 0 Å². The van der Waals surface area contributed by atoms with Crippen molar-refractivity contribution >= 4 is 7.82 Å². The van der Waals surface area contributed by atoms with Gasteiger partial charge in [-0.2, -0.15) is 0 Å². The van der Waals surface area contributed by atoms with E-state index in [0.29, 0.717) is 0 Å². The molecule has 2 saturated heterocycles. The minimum atomic E-state index is -4.26. The quantitative estimate of drug-likeness (QED) is 0.732. The number of pyridine rings is 1. The highest BCUT2D eigenvalue weighted by molar-refractivity contribution is 7.47. The summed E-state index contributed by atoms with van der Waals surface area (Å²) in [4.78, 5) is 21.7. The van der Waals surface area contributed by atoms with Gasteiger partial charge in [-0.1, -0.05) is 6.07 Å². The molecule has 3 rings (SSSR count). The average Bonchev–Trinajstić information content (AvgIpc) is 2.99. The van der Waals surface area contributed by atoms with E-state index < -0.39 is 31.9 Å². The molecule has 0 saturated carbocycles. The summed E-state index contributed by atoms with van der Waals surface area (Å²) in [5.74, 6) is 0. The second-order valence-corrected chi connectivity index (χ2v) is 6.92. The van der Waals surface area contributed by atoms with Crippen molar-refractivity contribution in [2.75, 3.05) is 27.4 Å². The summed E-state index contributed by atoms with van der Waals surface area (Å²) in [6, 6.07) is 4.68. The van der Waals surface area contributed by atoms with Crippen LogP contribution in [0.2, 0.25) is 0 Å². The van der Waals surface area contributed by atoms with Gasteiger partial charge in [-0.15, -0.1) is 0 Å². The van der Waals surface area contributed by atoms with E-state index >= 15 is 0 Å². The highest BCUT2D eigenvalue weighted by Gasteiger charge is 2.64. The van der Waals surface area contributed by atoms with Crippen molar-refractivity contribution in [3.8, 4) is 0 Å². The maximum Gasteiger partial charge on any atom is 0.472 e. The second-order valence-electron chi connectivity index (χ2n) is 5.41. The Morgan fingerprint density at radius 2 is 2.26 bits per heavy atom. The van der Waals surface area contributed by atoms with Crippen LogP contribution in [0.3, 0.4) is 0 Å². The largest absolute Gasteiger partial charge is 0.472 e. The highest BCUT2D eigenvalue weighted by Crippen LogP contribution is 2.54. The van der Waals surface area contributed by atoms with E-state index in [1.54, 1.807) is 18.3 Å². The van der Waals surface area contributed by atoms with Crippen LogP contribution >= 0.6 is 7.82 Å². The average molecular weight is 347 g/mol. The topological polar surface area (TPSA) is 105 Å². The minimum Gasteiger partial charge on any atom is -0.381 e. The van der Waals surface area contributed by atoms with Crippen LogP contribution in [0.1, 0.15) is 6.23 Å². The van der Waals surface area contributed by atoms with Crippen LogP contribution in [0.5, 0.6) is 0 Å². The number of hydrogen-bond acceptors (Lipinski definition) is 7. The number of phosphoric acid groups is 1. The summed E-state index contributed by atoms with van der Waals surface area (Å²) >= 11 is 0. The molecule has 0 radical (unpaired) electrons. The molecule has 5 atom stereocenters. The molecule has 1 N–H and O–H groups in total. The van der Waals surface area contributed by atoms with Gasteiger partial charge >= 0.3 is 7.82 Å². The SMILES string of the molecule is COC[C@@]12CO[C@@H]([C@H](n3ccccc3=O)O1)[C@@H]2OP(=O)(O)OC. The first-order valence-electron chi connectivity index (χ1n) is 6.95. The Bertz CT molecular complexity index is 678. The van der Waals surface area contributed by atoms with Crippen molar-refractivity contribution < 1.29 is 32.7 Å². The van der Waals surface area contributed by atoms with E-state index in [-0.39, 0.29) is 18.8 Å². The van der Waals surface area contributed by atoms with Crippen LogP contribution in [-0.4, -0.2) is 54.7 Å². The van der Waals surface area contributed by atoms with Crippen LogP contribution in [0.15, 0.2) is 29.2 Å². The molecule has 0 spiro atoms. The summed E-state index contributed by atoms with van der Waals surface area (Å²) in [7, 11) is -1.71. The lowest BCUT2D eigenvalue weighted by Crippen LogP contribution is -2.45. The number of fused-ring (bicyclic) bond motifs is 2. The molecule has 10 heteroatoms. The third-order valence-corrected chi connectivity index (χ3v) is 4.92. The van der Waals surface area contributed by atoms with Crippen LogP contribution in [-0.2, 0) is 27.8 Å². The smallest absolute Gasteiger partial charge is 0.381 e. The normalized spacial score (nSPS) is 35.3. The predicted octanol–water partition coefficient (Wildman–Crippen LogP) is 0.293. The number of aromatic nitrogens is 1. The van der Waals surface area contributed by atoms with Crippen LogP contribution in [0, 0.1) is 0 Å². The summed E-state index contributed by atoms with van der Waals surface area (Å²) in [5, 5.41) is 0. The molecule has 23 heavy (non-hydrogen) atoms. The van der Waals surface area contributed by atoms with Crippen molar-refractivity contribution in [3.05, 3.63) is 34.7 Å². The third-order valence-electron chi connectivity index (χ3n) is 3.96. The molecule has 0 amide bonds. The van der Waals surface area contributed by atoms with Gasteiger partial charge in [0.2, 0.25) is 0 Å². The number of ether oxygens (including phenoxy) is 3. The minimum absolute atomic E-state index is 0.0793. The summed E-state index contributed by atoms with van der Waals surface area (Å²) in [6.45, 7) is 0.202. The Morgan fingerprint density at radius 3 is 2.91 bits per heavy atom. The Hall–Kier alpha value is -1.06. The van der Waals surface area contributed by atoms with Gasteiger partial charge in [0.25, 0.3) is 5.56 Å². The van der Waals surface area contributed by atoms with E-state index in [1.165, 1.54) is 17.7 Å². The third kappa shape index (κ3) is 2.89. The Labute approximate surface area is 132 Å². The molecule has 0 aromatic carbocycles. The Morgan fingerprint density at radius 1 is 1.48 bits per heavy atom. The lowest BCUT2D eigenvalue weighted by molar-refractivity contribution is -0.190. The van der Waals surface area contributed by atoms with Crippen molar-refractivity contribution in [2.45, 2.75) is 24.0 Å². The molecular weight excluding hydrogens is 329 g/mol. The Balaban J connectivity index is 1.95. The summed E-state index contributed by atoms with van der Waals surface area (Å²) in [6.07, 6.45) is -0.866. The van der Waals surface area contributed by atoms with Gasteiger partial charge in [0, 0.05) is 26.5 Å². The fraction of sp³-hybridized carbons (Fsp3) is 0.615. The lowest BCUT2D eigenvalue weighted by Gasteiger charge is -2.31. The van der Waals surface area contributed by atoms with E-state index in [4.69, 9.17) is 18.7 Å². The predicted molar refractivity (Wildman–Crippen MR) is 76.9 cm³/mol. The zero-order valence-corrected chi connectivity index (χ0v) is 13.5. The standard InChI is InChI=1S/C13H18NO8P/c1-18-7-13-8-20-10(11(13)22-23(16,17)19-2)12(21-13)14-6-4-3-5-9(14)15/h3-6,10-12H,7-8H2,1-2H3,(H,16,17)/t10-,11+,12-,13+/m1/s1. The summed E-state index contributed by atoms with van der Waals surface area (Å²) in [5.41, 5.74) is -1.37. The van der Waals surface area contributed by atoms with Crippen molar-refractivity contribution in [2.24, 2.45) is 0 Å². The molecule has 3 heterocycles. The molecular formula is C13H18NO8P. The molecule has 128 valence electrons. The Kier molecular flexibility index (Phi) is 4.45. The number of methoxy groups -OCH3 is 1. The van der Waals surface area contributed by atoms with Crippen LogP contribution in [0.4, 0.5) is 0 Å². The fourth-order valence-corrected chi connectivity index (χ4v) is 3.64. The fourth-order valence-electron chi connectivity index (χ4n) is 2.96. The van der Waals surface area contributed by atoms with Gasteiger partial charge < -0.3 is 19.1 Å². The second kappa shape index (κ2) is 6.10. The molecule has 0 aliphatic carbocycles. The monoisotopic (exact) mass is 347 g/mol. The van der Waals surface area contributed by atoms with Gasteiger partial charge in [-0.05, 0) is 6.07 Å². The molecule has 9 nitrogen and oxygen atoms in total. The number of rotatable bonds is 6. The molecule has 1 unspecified atom stereocenters. The van der Waals surface area contributed by atoms with E-state index in [1.807, 2.05) is 0 Å². The first-order valence-corrected chi connectivity index (χ1v) is 8.44. The van der Waals surface area contributed by atoms with Gasteiger partial charge in [0.15, 0.2) is 6.23 Å². The van der Waals surface area contributed by atoms with E-state index in [9.17, 15) is 14.3 Å². The zero-order chi connectivity index (χ0) is 16.7. The number of phosphoric ester groups is 1. The molecule has 2 aliphatic rings. The van der Waals surface area contributed by atoms with Crippen LogP contribution in [0.25, 0.3) is 0 Å². The van der Waals surface area contributed by atoms with Gasteiger partial charge in [-0.3, -0.25) is 18.4 Å².